The Balaban J connectivity index is 1.48. The fourth-order valence-electron chi connectivity index (χ4n) is 1.89. The quantitative estimate of drug-likeness (QED) is 0.609. The number of aryl methyl sites for hydroxylation is 1. The molecule has 0 aliphatic rings. The Kier molecular flexibility index (Phi) is 5.71. The molecule has 0 spiro atoms. The van der Waals surface area contributed by atoms with Gasteiger partial charge < -0.3 is 9.26 Å². The lowest BCUT2D eigenvalue weighted by Crippen LogP contribution is -1.97. The van der Waals surface area contributed by atoms with E-state index in [1.807, 2.05) is 0 Å². The first-order valence-electron chi connectivity index (χ1n) is 7.47. The van der Waals surface area contributed by atoms with Gasteiger partial charge in [-0.25, -0.2) is 4.98 Å². The highest BCUT2D eigenvalue weighted by Crippen LogP contribution is 2.19. The number of aromatic amines is 1. The Labute approximate surface area is 148 Å². The highest BCUT2D eigenvalue weighted by molar-refractivity contribution is 7.98. The molecule has 9 heteroatoms. The van der Waals surface area contributed by atoms with Gasteiger partial charge in [0.1, 0.15) is 12.4 Å². The normalized spacial score (nSPS) is 10.9. The van der Waals surface area contributed by atoms with Crippen LogP contribution in [0.15, 0.2) is 33.9 Å². The highest BCUT2D eigenvalue weighted by Gasteiger charge is 2.09. The Morgan fingerprint density at radius 3 is 2.88 bits per heavy atom. The monoisotopic (exact) mass is 365 g/mol. The number of benzene rings is 1. The molecule has 3 rings (SSSR count). The second-order valence-corrected chi connectivity index (χ2v) is 6.33. The van der Waals surface area contributed by atoms with Crippen LogP contribution >= 0.6 is 23.4 Å². The summed E-state index contributed by atoms with van der Waals surface area (Å²) in [4.78, 5) is 8.66. The first-order valence-corrected chi connectivity index (χ1v) is 8.83. The van der Waals surface area contributed by atoms with Gasteiger partial charge in [0, 0.05) is 11.4 Å². The maximum absolute atomic E-state index is 5.83. The van der Waals surface area contributed by atoms with Crippen LogP contribution in [0.1, 0.15) is 30.9 Å². The summed E-state index contributed by atoms with van der Waals surface area (Å²) >= 11 is 7.26. The Morgan fingerprint density at radius 2 is 2.08 bits per heavy atom. The first-order chi connectivity index (χ1) is 11.7. The zero-order valence-electron chi connectivity index (χ0n) is 13.0. The van der Waals surface area contributed by atoms with Crippen LogP contribution in [0.25, 0.3) is 0 Å². The van der Waals surface area contributed by atoms with Gasteiger partial charge in [0.25, 0.3) is 0 Å². The van der Waals surface area contributed by atoms with E-state index in [2.05, 4.69) is 32.2 Å². The van der Waals surface area contributed by atoms with Gasteiger partial charge in [-0.2, -0.15) is 4.98 Å². The third-order valence-corrected chi connectivity index (χ3v) is 4.09. The minimum atomic E-state index is 0.302. The summed E-state index contributed by atoms with van der Waals surface area (Å²) in [6.07, 6.45) is 1.81. The molecule has 0 unspecified atom stereocenters. The van der Waals surface area contributed by atoms with Crippen molar-refractivity contribution in [3.63, 3.8) is 0 Å². The number of thioether (sulfide) groups is 1. The smallest absolute Gasteiger partial charge is 0.237 e. The van der Waals surface area contributed by atoms with Crippen LogP contribution in [0.2, 0.25) is 5.02 Å². The molecule has 7 nitrogen and oxygen atoms in total. The maximum atomic E-state index is 5.83. The Hall–Kier alpha value is -2.06. The van der Waals surface area contributed by atoms with Crippen LogP contribution in [0.3, 0.4) is 0 Å². The molecule has 0 saturated carbocycles. The topological polar surface area (TPSA) is 89.7 Å². The average Bonchev–Trinajstić information content (AvgIpc) is 3.22. The van der Waals surface area contributed by atoms with Crippen molar-refractivity contribution in [3.05, 3.63) is 46.8 Å². The molecular formula is C15H16ClN5O2S. The number of nitrogens with one attached hydrogen (secondary N) is 1. The lowest BCUT2D eigenvalue weighted by atomic mass is 10.3. The highest BCUT2D eigenvalue weighted by atomic mass is 35.5. The molecule has 126 valence electrons. The molecule has 0 amide bonds. The predicted molar refractivity (Wildman–Crippen MR) is 90.0 cm³/mol. The van der Waals surface area contributed by atoms with Crippen molar-refractivity contribution in [3.8, 4) is 5.75 Å². The van der Waals surface area contributed by atoms with Gasteiger partial charge in [0.05, 0.1) is 5.75 Å². The third-order valence-electron chi connectivity index (χ3n) is 3.01. The second kappa shape index (κ2) is 8.16. The minimum Gasteiger partial charge on any atom is -0.486 e. The molecule has 0 saturated heterocycles. The molecule has 0 aliphatic carbocycles. The van der Waals surface area contributed by atoms with Crippen LogP contribution in [0.4, 0.5) is 0 Å². The maximum Gasteiger partial charge on any atom is 0.237 e. The van der Waals surface area contributed by atoms with Crippen molar-refractivity contribution < 1.29 is 9.26 Å². The van der Waals surface area contributed by atoms with Gasteiger partial charge >= 0.3 is 0 Å². The number of aromatic nitrogens is 5. The summed E-state index contributed by atoms with van der Waals surface area (Å²) in [6.45, 7) is 2.38. The molecular weight excluding hydrogens is 350 g/mol. The lowest BCUT2D eigenvalue weighted by molar-refractivity contribution is 0.296. The molecule has 3 aromatic rings. The third kappa shape index (κ3) is 4.72. The van der Waals surface area contributed by atoms with E-state index in [4.69, 9.17) is 20.9 Å². The molecule has 0 atom stereocenters. The number of nitrogens with zero attached hydrogens (tertiary/aromatic N) is 4. The van der Waals surface area contributed by atoms with Crippen molar-refractivity contribution in [2.45, 2.75) is 37.3 Å². The van der Waals surface area contributed by atoms with Crippen LogP contribution in [0.5, 0.6) is 5.75 Å². The largest absolute Gasteiger partial charge is 0.486 e. The Morgan fingerprint density at radius 1 is 1.25 bits per heavy atom. The molecule has 0 bridgehead atoms. The van der Waals surface area contributed by atoms with E-state index in [9.17, 15) is 0 Å². The molecule has 1 N–H and O–H groups in total. The first kappa shape index (κ1) is 16.8. The van der Waals surface area contributed by atoms with E-state index in [0.29, 0.717) is 34.3 Å². The van der Waals surface area contributed by atoms with E-state index < -0.39 is 0 Å². The average molecular weight is 366 g/mol. The fourth-order valence-corrected chi connectivity index (χ4v) is 2.67. The van der Waals surface area contributed by atoms with Crippen LogP contribution in [-0.2, 0) is 18.8 Å². The van der Waals surface area contributed by atoms with E-state index in [1.165, 1.54) is 11.8 Å². The zero-order valence-corrected chi connectivity index (χ0v) is 14.6. The number of rotatable bonds is 8. The molecule has 2 aromatic heterocycles. The van der Waals surface area contributed by atoms with E-state index in [1.54, 1.807) is 24.3 Å². The summed E-state index contributed by atoms with van der Waals surface area (Å²) in [5, 5.41) is 12.2. The fraction of sp³-hybridized carbons (Fsp3) is 0.333. The molecule has 2 heterocycles. The van der Waals surface area contributed by atoms with Crippen LogP contribution < -0.4 is 4.74 Å². The zero-order chi connectivity index (χ0) is 16.8. The van der Waals surface area contributed by atoms with Gasteiger partial charge in [0.15, 0.2) is 11.6 Å². The summed E-state index contributed by atoms with van der Waals surface area (Å²) in [5.74, 6) is 3.21. The second-order valence-electron chi connectivity index (χ2n) is 4.95. The van der Waals surface area contributed by atoms with Gasteiger partial charge in [-0.05, 0) is 30.7 Å². The number of hydrogen-bond donors (Lipinski definition) is 1. The van der Waals surface area contributed by atoms with Crippen LogP contribution in [0, 0.1) is 0 Å². The van der Waals surface area contributed by atoms with Crippen molar-refractivity contribution in [1.82, 2.24) is 25.3 Å². The van der Waals surface area contributed by atoms with Gasteiger partial charge in [0.2, 0.25) is 11.0 Å². The van der Waals surface area contributed by atoms with Crippen molar-refractivity contribution in [1.29, 1.82) is 0 Å². The molecule has 0 radical (unpaired) electrons. The van der Waals surface area contributed by atoms with Crippen molar-refractivity contribution >= 4 is 23.4 Å². The van der Waals surface area contributed by atoms with Gasteiger partial charge in [-0.1, -0.05) is 35.4 Å². The number of hydrogen-bond acceptors (Lipinski definition) is 7. The molecule has 24 heavy (non-hydrogen) atoms. The number of H-pyrrole nitrogens is 1. The van der Waals surface area contributed by atoms with Gasteiger partial charge in [-0.15, -0.1) is 5.10 Å². The SMILES string of the molecule is CCCc1noc(CSc2n[nH]c(COc3ccc(Cl)cc3)n2)n1. The van der Waals surface area contributed by atoms with E-state index in [-0.39, 0.29) is 0 Å². The summed E-state index contributed by atoms with van der Waals surface area (Å²) in [6, 6.07) is 7.15. The summed E-state index contributed by atoms with van der Waals surface area (Å²) in [7, 11) is 0. The van der Waals surface area contributed by atoms with Crippen molar-refractivity contribution in [2.75, 3.05) is 0 Å². The molecule has 0 aliphatic heterocycles. The lowest BCUT2D eigenvalue weighted by Gasteiger charge is -2.02. The van der Waals surface area contributed by atoms with Crippen LogP contribution in [-0.4, -0.2) is 25.3 Å². The minimum absolute atomic E-state index is 0.302. The van der Waals surface area contributed by atoms with Gasteiger partial charge in [-0.3, -0.25) is 5.10 Å². The molecule has 1 aromatic carbocycles. The summed E-state index contributed by atoms with van der Waals surface area (Å²) in [5.41, 5.74) is 0. The van der Waals surface area contributed by atoms with E-state index >= 15 is 0 Å². The molecule has 0 fully saturated rings. The van der Waals surface area contributed by atoms with Crippen molar-refractivity contribution in [2.24, 2.45) is 0 Å². The predicted octanol–water partition coefficient (Wildman–Crippen LogP) is 3.66. The summed E-state index contributed by atoms with van der Waals surface area (Å²) < 4.78 is 10.8. The number of ether oxygens (including phenoxy) is 1. The number of halogens is 1. The Bertz CT molecular complexity index is 774. The standard InChI is InChI=1S/C15H16ClN5O2S/c1-2-3-12-17-14(23-21-12)9-24-15-18-13(19-20-15)8-22-11-6-4-10(16)5-7-11/h4-7H,2-3,8-9H2,1H3,(H,18,19,20). The van der Waals surface area contributed by atoms with E-state index in [0.717, 1.165) is 24.4 Å².